The summed E-state index contributed by atoms with van der Waals surface area (Å²) in [5, 5.41) is 12.1. The standard InChI is InChI=1S/C17H16N4O3S2/c1-25-12-3-2-11(15-18-4-5-26-15)14-13(12)19-16(24-14)20-7-9-6-10(8-20)21(9)17(22)23/h2-5,9-10H,6-8H2,1H3,(H,22,23). The second kappa shape index (κ2) is 5.88. The fourth-order valence-corrected chi connectivity index (χ4v) is 5.07. The molecule has 0 radical (unpaired) electrons. The second-order valence-electron chi connectivity index (χ2n) is 6.46. The molecule has 2 unspecified atom stereocenters. The molecule has 2 aromatic heterocycles. The lowest BCUT2D eigenvalue weighted by Gasteiger charge is -2.54. The van der Waals surface area contributed by atoms with Gasteiger partial charge < -0.3 is 14.4 Å². The van der Waals surface area contributed by atoms with Gasteiger partial charge in [0.2, 0.25) is 0 Å². The van der Waals surface area contributed by atoms with Gasteiger partial charge in [-0.1, -0.05) is 0 Å². The molecule has 3 aliphatic heterocycles. The molecule has 3 aromatic rings. The van der Waals surface area contributed by atoms with E-state index in [4.69, 9.17) is 9.40 Å². The van der Waals surface area contributed by atoms with Crippen molar-refractivity contribution in [1.29, 1.82) is 0 Å². The summed E-state index contributed by atoms with van der Waals surface area (Å²) < 4.78 is 6.17. The number of benzene rings is 1. The van der Waals surface area contributed by atoms with Gasteiger partial charge in [-0.2, -0.15) is 4.98 Å². The molecule has 2 bridgehead atoms. The number of thiazole rings is 1. The number of hydrogen-bond acceptors (Lipinski definition) is 7. The Morgan fingerprint density at radius 3 is 2.85 bits per heavy atom. The van der Waals surface area contributed by atoms with Gasteiger partial charge >= 0.3 is 6.09 Å². The Morgan fingerprint density at radius 1 is 1.38 bits per heavy atom. The first-order valence-electron chi connectivity index (χ1n) is 8.29. The number of carboxylic acid groups (broad SMARTS) is 1. The molecule has 3 saturated heterocycles. The summed E-state index contributed by atoms with van der Waals surface area (Å²) in [4.78, 5) is 25.1. The van der Waals surface area contributed by atoms with Crippen molar-refractivity contribution in [1.82, 2.24) is 14.9 Å². The van der Waals surface area contributed by atoms with Crippen LogP contribution in [0, 0.1) is 0 Å². The predicted octanol–water partition coefficient (Wildman–Crippen LogP) is 3.61. The third-order valence-electron chi connectivity index (χ3n) is 5.06. The van der Waals surface area contributed by atoms with Gasteiger partial charge in [0.15, 0.2) is 5.58 Å². The SMILES string of the molecule is CSc1ccc(-c2nccs2)c2oc(N3CC4CC(C3)N4C(=O)O)nc12. The van der Waals surface area contributed by atoms with E-state index in [2.05, 4.69) is 16.0 Å². The predicted molar refractivity (Wildman–Crippen MR) is 101 cm³/mol. The summed E-state index contributed by atoms with van der Waals surface area (Å²) >= 11 is 3.20. The number of amides is 1. The quantitative estimate of drug-likeness (QED) is 0.686. The van der Waals surface area contributed by atoms with Crippen molar-refractivity contribution in [3.05, 3.63) is 23.7 Å². The summed E-state index contributed by atoms with van der Waals surface area (Å²) in [6.07, 6.45) is 3.89. The highest BCUT2D eigenvalue weighted by atomic mass is 32.2. The molecule has 26 heavy (non-hydrogen) atoms. The minimum Gasteiger partial charge on any atom is -0.465 e. The Hall–Kier alpha value is -2.26. The van der Waals surface area contributed by atoms with Crippen LogP contribution in [0.25, 0.3) is 21.7 Å². The molecule has 7 nitrogen and oxygen atoms in total. The normalized spacial score (nSPS) is 21.9. The van der Waals surface area contributed by atoms with Gasteiger partial charge in [0.1, 0.15) is 10.5 Å². The third kappa shape index (κ3) is 2.30. The number of piperidine rings is 1. The number of thioether (sulfide) groups is 1. The van der Waals surface area contributed by atoms with E-state index in [0.717, 1.165) is 33.0 Å². The Kier molecular flexibility index (Phi) is 3.61. The number of fused-ring (bicyclic) bond motifs is 3. The van der Waals surface area contributed by atoms with Crippen molar-refractivity contribution in [3.8, 4) is 10.6 Å². The first-order chi connectivity index (χ1) is 12.7. The highest BCUT2D eigenvalue weighted by Crippen LogP contribution is 2.40. The lowest BCUT2D eigenvalue weighted by atomic mass is 9.88. The molecule has 0 spiro atoms. The molecule has 3 fully saturated rings. The van der Waals surface area contributed by atoms with Gasteiger partial charge in [-0.15, -0.1) is 23.1 Å². The van der Waals surface area contributed by atoms with Gasteiger partial charge in [-0.3, -0.25) is 4.90 Å². The van der Waals surface area contributed by atoms with Gasteiger partial charge in [-0.25, -0.2) is 9.78 Å². The zero-order valence-corrected chi connectivity index (χ0v) is 15.6. The second-order valence-corrected chi connectivity index (χ2v) is 8.21. The van der Waals surface area contributed by atoms with Crippen molar-refractivity contribution < 1.29 is 14.3 Å². The van der Waals surface area contributed by atoms with Crippen molar-refractivity contribution in [2.45, 2.75) is 23.4 Å². The minimum atomic E-state index is -0.834. The summed E-state index contributed by atoms with van der Waals surface area (Å²) in [6.45, 7) is 1.24. The van der Waals surface area contributed by atoms with E-state index >= 15 is 0 Å². The van der Waals surface area contributed by atoms with Crippen molar-refractivity contribution >= 4 is 46.3 Å². The maximum Gasteiger partial charge on any atom is 0.407 e. The Labute approximate surface area is 157 Å². The van der Waals surface area contributed by atoms with Crippen LogP contribution in [0.1, 0.15) is 6.42 Å². The topological polar surface area (TPSA) is 82.7 Å². The van der Waals surface area contributed by atoms with Crippen LogP contribution in [0.4, 0.5) is 10.8 Å². The zero-order valence-electron chi connectivity index (χ0n) is 14.0. The number of piperazine rings is 1. The number of carbonyl (C=O) groups is 1. The first-order valence-corrected chi connectivity index (χ1v) is 10.4. The van der Waals surface area contributed by atoms with E-state index < -0.39 is 6.09 Å². The molecule has 3 aliphatic rings. The van der Waals surface area contributed by atoms with Crippen LogP contribution in [0.5, 0.6) is 0 Å². The van der Waals surface area contributed by atoms with E-state index in [1.165, 1.54) is 0 Å². The number of anilines is 1. The van der Waals surface area contributed by atoms with E-state index in [0.29, 0.717) is 19.1 Å². The van der Waals surface area contributed by atoms with Gasteiger partial charge in [-0.05, 0) is 24.8 Å². The van der Waals surface area contributed by atoms with Crippen LogP contribution >= 0.6 is 23.1 Å². The van der Waals surface area contributed by atoms with Gasteiger partial charge in [0.25, 0.3) is 6.01 Å². The monoisotopic (exact) mass is 388 g/mol. The van der Waals surface area contributed by atoms with E-state index in [1.54, 1.807) is 34.2 Å². The lowest BCUT2D eigenvalue weighted by molar-refractivity contribution is 0.0101. The highest BCUT2D eigenvalue weighted by molar-refractivity contribution is 7.98. The largest absolute Gasteiger partial charge is 0.465 e. The van der Waals surface area contributed by atoms with E-state index in [9.17, 15) is 9.90 Å². The Morgan fingerprint density at radius 2 is 2.19 bits per heavy atom. The molecule has 1 N–H and O–H groups in total. The van der Waals surface area contributed by atoms with Crippen LogP contribution in [-0.4, -0.2) is 57.5 Å². The maximum atomic E-state index is 11.3. The summed E-state index contributed by atoms with van der Waals surface area (Å²) in [5.41, 5.74) is 2.53. The van der Waals surface area contributed by atoms with Crippen LogP contribution < -0.4 is 4.90 Å². The van der Waals surface area contributed by atoms with E-state index in [-0.39, 0.29) is 12.1 Å². The van der Waals surface area contributed by atoms with E-state index in [1.807, 2.05) is 17.7 Å². The lowest BCUT2D eigenvalue weighted by Crippen LogP contribution is -2.70. The summed E-state index contributed by atoms with van der Waals surface area (Å²) in [7, 11) is 0. The third-order valence-corrected chi connectivity index (χ3v) is 6.64. The van der Waals surface area contributed by atoms with Crippen LogP contribution in [0.15, 0.2) is 33.0 Å². The molecule has 2 atom stereocenters. The molecule has 9 heteroatoms. The van der Waals surface area contributed by atoms with Gasteiger partial charge in [0, 0.05) is 29.6 Å². The van der Waals surface area contributed by atoms with Crippen LogP contribution in [0.3, 0.4) is 0 Å². The smallest absolute Gasteiger partial charge is 0.407 e. The number of oxazole rings is 1. The fourth-order valence-electron chi connectivity index (χ4n) is 3.88. The Balaban J connectivity index is 1.54. The van der Waals surface area contributed by atoms with Crippen molar-refractivity contribution in [2.75, 3.05) is 24.2 Å². The molecule has 134 valence electrons. The number of aromatic nitrogens is 2. The summed E-state index contributed by atoms with van der Waals surface area (Å²) in [6, 6.07) is 4.70. The average Bonchev–Trinajstić information content (AvgIpc) is 3.30. The number of rotatable bonds is 3. The van der Waals surface area contributed by atoms with Crippen molar-refractivity contribution in [3.63, 3.8) is 0 Å². The molecule has 6 rings (SSSR count). The highest BCUT2D eigenvalue weighted by Gasteiger charge is 2.48. The molecule has 1 aromatic carbocycles. The summed E-state index contributed by atoms with van der Waals surface area (Å²) in [5.74, 6) is 0. The fraction of sp³-hybridized carbons (Fsp3) is 0.353. The molecule has 5 heterocycles. The number of nitrogens with zero attached hydrogens (tertiary/aromatic N) is 4. The molecule has 0 aliphatic carbocycles. The zero-order chi connectivity index (χ0) is 17.8. The van der Waals surface area contributed by atoms with Gasteiger partial charge in [0.05, 0.1) is 17.6 Å². The van der Waals surface area contributed by atoms with Crippen molar-refractivity contribution in [2.24, 2.45) is 0 Å². The maximum absolute atomic E-state index is 11.3. The Bertz CT molecular complexity index is 975. The molecular weight excluding hydrogens is 372 g/mol. The van der Waals surface area contributed by atoms with Crippen LogP contribution in [0.2, 0.25) is 0 Å². The minimum absolute atomic E-state index is 0.0275. The molecule has 1 amide bonds. The first kappa shape index (κ1) is 16.0. The average molecular weight is 388 g/mol. The molecular formula is C17H16N4O3S2. The van der Waals surface area contributed by atoms with Crippen LogP contribution in [-0.2, 0) is 0 Å². The molecule has 0 saturated carbocycles. The number of hydrogen-bond donors (Lipinski definition) is 1.